The maximum Gasteiger partial charge on any atom is 0.287 e. The van der Waals surface area contributed by atoms with Crippen molar-refractivity contribution in [2.75, 3.05) is 14.2 Å². The minimum Gasteiger partial charge on any atom is -0.594 e. The van der Waals surface area contributed by atoms with Gasteiger partial charge in [0.2, 0.25) is 0 Å². The van der Waals surface area contributed by atoms with Crippen LogP contribution in [0.4, 0.5) is 11.4 Å². The molecular formula is C14H12Cl2N2O3. The molecule has 0 heterocycles. The molecule has 0 aliphatic carbocycles. The average Bonchev–Trinajstić information content (AvgIpc) is 2.47. The van der Waals surface area contributed by atoms with E-state index in [1.807, 2.05) is 0 Å². The summed E-state index contributed by atoms with van der Waals surface area (Å²) in [6, 6.07) is 9.49. The molecule has 2 rings (SSSR count). The second kappa shape index (κ2) is 6.65. The highest BCUT2D eigenvalue weighted by atomic mass is 35.5. The van der Waals surface area contributed by atoms with Gasteiger partial charge in [0.1, 0.15) is 0 Å². The van der Waals surface area contributed by atoms with Gasteiger partial charge >= 0.3 is 0 Å². The van der Waals surface area contributed by atoms with Crippen molar-refractivity contribution < 1.29 is 14.3 Å². The highest BCUT2D eigenvalue weighted by molar-refractivity contribution is 6.31. The SMILES string of the molecule is COc1ccc(Cl)cc1N=[N+]([O-])c1cc(Cl)ccc1OC. The number of nitrogens with zero attached hydrogens (tertiary/aromatic N) is 2. The Kier molecular flexibility index (Phi) is 4.88. The Morgan fingerprint density at radius 2 is 1.52 bits per heavy atom. The van der Waals surface area contributed by atoms with Crippen LogP contribution in [0.5, 0.6) is 11.5 Å². The molecule has 2 aromatic carbocycles. The van der Waals surface area contributed by atoms with Crippen LogP contribution >= 0.6 is 23.2 Å². The smallest absolute Gasteiger partial charge is 0.287 e. The largest absolute Gasteiger partial charge is 0.594 e. The molecule has 5 nitrogen and oxygen atoms in total. The first-order chi connectivity index (χ1) is 10.0. The first-order valence-corrected chi connectivity index (χ1v) is 6.66. The van der Waals surface area contributed by atoms with Gasteiger partial charge in [-0.1, -0.05) is 23.2 Å². The molecule has 0 radical (unpaired) electrons. The van der Waals surface area contributed by atoms with Gasteiger partial charge in [-0.25, -0.2) is 0 Å². The average molecular weight is 327 g/mol. The first kappa shape index (κ1) is 15.4. The fraction of sp³-hybridized carbons (Fsp3) is 0.143. The third-order valence-electron chi connectivity index (χ3n) is 2.69. The van der Waals surface area contributed by atoms with E-state index in [9.17, 15) is 5.21 Å². The van der Waals surface area contributed by atoms with Crippen LogP contribution in [-0.2, 0) is 0 Å². The molecule has 0 saturated heterocycles. The van der Waals surface area contributed by atoms with Gasteiger partial charge in [0.05, 0.1) is 14.2 Å². The molecule has 110 valence electrons. The van der Waals surface area contributed by atoms with Crippen LogP contribution in [0, 0.1) is 5.21 Å². The number of hydrogen-bond donors (Lipinski definition) is 0. The topological polar surface area (TPSA) is 56.9 Å². The lowest BCUT2D eigenvalue weighted by molar-refractivity contribution is -0.436. The molecule has 0 saturated carbocycles. The Morgan fingerprint density at radius 1 is 0.952 bits per heavy atom. The van der Waals surface area contributed by atoms with Crippen LogP contribution in [0.1, 0.15) is 0 Å². The van der Waals surface area contributed by atoms with E-state index in [-0.39, 0.29) is 5.69 Å². The Bertz CT molecular complexity index is 690. The van der Waals surface area contributed by atoms with Crippen LogP contribution in [0.15, 0.2) is 41.5 Å². The third kappa shape index (κ3) is 3.56. The van der Waals surface area contributed by atoms with Crippen molar-refractivity contribution in [1.29, 1.82) is 0 Å². The van der Waals surface area contributed by atoms with E-state index in [0.29, 0.717) is 32.1 Å². The van der Waals surface area contributed by atoms with E-state index in [0.717, 1.165) is 0 Å². The molecule has 0 fully saturated rings. The second-order valence-electron chi connectivity index (χ2n) is 4.01. The van der Waals surface area contributed by atoms with Crippen LogP contribution < -0.4 is 9.47 Å². The van der Waals surface area contributed by atoms with E-state index in [4.69, 9.17) is 32.7 Å². The molecule has 0 bridgehead atoms. The van der Waals surface area contributed by atoms with Crippen molar-refractivity contribution in [3.05, 3.63) is 51.7 Å². The molecule has 0 aliphatic rings. The summed E-state index contributed by atoms with van der Waals surface area (Å²) in [7, 11) is 2.94. The predicted molar refractivity (Wildman–Crippen MR) is 81.4 cm³/mol. The quantitative estimate of drug-likeness (QED) is 0.454. The predicted octanol–water partition coefficient (Wildman–Crippen LogP) is 4.94. The van der Waals surface area contributed by atoms with Crippen LogP contribution in [0.3, 0.4) is 0 Å². The Balaban J connectivity index is 2.51. The van der Waals surface area contributed by atoms with Crippen molar-refractivity contribution in [3.63, 3.8) is 0 Å². The lowest BCUT2D eigenvalue weighted by Gasteiger charge is -2.07. The molecule has 2 aromatic rings. The van der Waals surface area contributed by atoms with Crippen molar-refractivity contribution in [2.24, 2.45) is 5.11 Å². The lowest BCUT2D eigenvalue weighted by atomic mass is 10.3. The van der Waals surface area contributed by atoms with E-state index in [1.165, 1.54) is 26.4 Å². The number of hydrogen-bond acceptors (Lipinski definition) is 4. The van der Waals surface area contributed by atoms with Crippen LogP contribution in [0.25, 0.3) is 0 Å². The molecule has 21 heavy (non-hydrogen) atoms. The molecule has 0 aromatic heterocycles. The summed E-state index contributed by atoms with van der Waals surface area (Å²) in [5.41, 5.74) is 0.494. The highest BCUT2D eigenvalue weighted by Crippen LogP contribution is 2.34. The summed E-state index contributed by atoms with van der Waals surface area (Å²) in [6.45, 7) is 0. The first-order valence-electron chi connectivity index (χ1n) is 5.91. The number of ether oxygens (including phenoxy) is 2. The zero-order chi connectivity index (χ0) is 15.4. The number of azo groups is 1. The fourth-order valence-corrected chi connectivity index (χ4v) is 2.04. The zero-order valence-electron chi connectivity index (χ0n) is 11.3. The van der Waals surface area contributed by atoms with Crippen LogP contribution in [0.2, 0.25) is 10.0 Å². The minimum absolute atomic E-state index is 0.187. The summed E-state index contributed by atoms with van der Waals surface area (Å²) in [5.74, 6) is 0.792. The maximum absolute atomic E-state index is 12.2. The van der Waals surface area contributed by atoms with E-state index >= 15 is 0 Å². The zero-order valence-corrected chi connectivity index (χ0v) is 12.9. The minimum atomic E-state index is 0.187. The maximum atomic E-state index is 12.2. The molecule has 7 heteroatoms. The standard InChI is InChI=1S/C14H12Cl2N2O3/c1-20-13-5-3-9(15)7-11(13)17-18(19)12-8-10(16)4-6-14(12)21-2/h3-8H,1-2H3. The number of halogens is 2. The Labute approximate surface area is 131 Å². The van der Waals surface area contributed by atoms with Crippen molar-refractivity contribution >= 4 is 34.6 Å². The monoisotopic (exact) mass is 326 g/mol. The van der Waals surface area contributed by atoms with E-state index < -0.39 is 0 Å². The number of benzene rings is 2. The van der Waals surface area contributed by atoms with Crippen molar-refractivity contribution in [1.82, 2.24) is 0 Å². The Morgan fingerprint density at radius 3 is 2.14 bits per heavy atom. The third-order valence-corrected chi connectivity index (χ3v) is 3.16. The van der Waals surface area contributed by atoms with Gasteiger partial charge < -0.3 is 14.7 Å². The summed E-state index contributed by atoms with van der Waals surface area (Å²) in [5, 5.41) is 17.0. The van der Waals surface area contributed by atoms with Gasteiger partial charge in [0, 0.05) is 21.2 Å². The Hall–Kier alpha value is -1.98. The lowest BCUT2D eigenvalue weighted by Crippen LogP contribution is -1.95. The van der Waals surface area contributed by atoms with Gasteiger partial charge in [-0.2, -0.15) is 0 Å². The van der Waals surface area contributed by atoms with Gasteiger partial charge in [0.15, 0.2) is 17.2 Å². The molecule has 0 unspecified atom stereocenters. The van der Waals surface area contributed by atoms with Gasteiger partial charge in [-0.3, -0.25) is 0 Å². The summed E-state index contributed by atoms with van der Waals surface area (Å²) in [4.78, 5) is 0.416. The normalized spacial score (nSPS) is 11.3. The molecule has 0 spiro atoms. The summed E-state index contributed by atoms with van der Waals surface area (Å²) >= 11 is 11.8. The second-order valence-corrected chi connectivity index (χ2v) is 4.88. The fourth-order valence-electron chi connectivity index (χ4n) is 1.71. The van der Waals surface area contributed by atoms with Gasteiger partial charge in [-0.15, -0.1) is 0 Å². The molecule has 0 amide bonds. The van der Waals surface area contributed by atoms with Crippen molar-refractivity contribution in [2.45, 2.75) is 0 Å². The number of methoxy groups -OCH3 is 2. The van der Waals surface area contributed by atoms with Crippen LogP contribution in [-0.4, -0.2) is 19.1 Å². The number of rotatable bonds is 4. The van der Waals surface area contributed by atoms with E-state index in [2.05, 4.69) is 5.11 Å². The van der Waals surface area contributed by atoms with E-state index in [1.54, 1.807) is 24.3 Å². The van der Waals surface area contributed by atoms with Crippen molar-refractivity contribution in [3.8, 4) is 11.5 Å². The molecular weight excluding hydrogens is 315 g/mol. The van der Waals surface area contributed by atoms with Gasteiger partial charge in [-0.05, 0) is 35.2 Å². The van der Waals surface area contributed by atoms with Gasteiger partial charge in [0.25, 0.3) is 5.69 Å². The molecule has 0 aliphatic heterocycles. The molecule has 0 N–H and O–H groups in total. The molecule has 0 atom stereocenters. The summed E-state index contributed by atoms with van der Waals surface area (Å²) < 4.78 is 10.3. The summed E-state index contributed by atoms with van der Waals surface area (Å²) in [6.07, 6.45) is 0. The highest BCUT2D eigenvalue weighted by Gasteiger charge is 2.15.